The third-order valence-corrected chi connectivity index (χ3v) is 6.88. The maximum atomic E-state index is 13.0. The largest absolute Gasteiger partial charge is 0.368 e. The van der Waals surface area contributed by atoms with Crippen molar-refractivity contribution in [2.24, 2.45) is 0 Å². The number of carbonyl (C=O) groups excluding carboxylic acids is 1. The van der Waals surface area contributed by atoms with E-state index in [2.05, 4.69) is 62.8 Å². The van der Waals surface area contributed by atoms with Gasteiger partial charge < -0.3 is 14.8 Å². The second kappa shape index (κ2) is 8.09. The highest BCUT2D eigenvalue weighted by molar-refractivity contribution is 9.10. The summed E-state index contributed by atoms with van der Waals surface area (Å²) in [7, 11) is 0. The van der Waals surface area contributed by atoms with Crippen molar-refractivity contribution in [3.05, 3.63) is 68.7 Å². The second-order valence-corrected chi connectivity index (χ2v) is 9.22. The Morgan fingerprint density at radius 2 is 1.91 bits per heavy atom. The highest BCUT2D eigenvalue weighted by Gasteiger charge is 2.23. The number of fused-ring (bicyclic) bond motifs is 3. The number of nitrogens with one attached hydrogen (secondary N) is 1. The van der Waals surface area contributed by atoms with E-state index in [0.717, 1.165) is 28.5 Å². The molecule has 0 bridgehead atoms. The molecule has 3 heterocycles. The van der Waals surface area contributed by atoms with Crippen LogP contribution >= 0.6 is 15.9 Å². The van der Waals surface area contributed by atoms with Crippen LogP contribution in [0.2, 0.25) is 0 Å². The fourth-order valence-electron chi connectivity index (χ4n) is 4.40. The summed E-state index contributed by atoms with van der Waals surface area (Å²) in [6.07, 6.45) is 1.48. The molecule has 0 unspecified atom stereocenters. The van der Waals surface area contributed by atoms with Crippen molar-refractivity contribution in [1.29, 1.82) is 0 Å². The number of anilines is 1. The van der Waals surface area contributed by atoms with Gasteiger partial charge in [0, 0.05) is 47.2 Å². The van der Waals surface area contributed by atoms with E-state index in [4.69, 9.17) is 0 Å². The summed E-state index contributed by atoms with van der Waals surface area (Å²) < 4.78 is 2.32. The lowest BCUT2D eigenvalue weighted by Gasteiger charge is -2.37. The van der Waals surface area contributed by atoms with E-state index in [1.165, 1.54) is 27.7 Å². The van der Waals surface area contributed by atoms with Crippen LogP contribution in [0.1, 0.15) is 11.1 Å². The first-order valence-corrected chi connectivity index (χ1v) is 11.5. The highest BCUT2D eigenvalue weighted by atomic mass is 79.9. The Labute approximate surface area is 193 Å². The first kappa shape index (κ1) is 20.8. The molecule has 32 heavy (non-hydrogen) atoms. The number of amides is 1. The van der Waals surface area contributed by atoms with Gasteiger partial charge in [0.25, 0.3) is 5.56 Å². The van der Waals surface area contributed by atoms with Crippen molar-refractivity contribution in [3.63, 3.8) is 0 Å². The third-order valence-electron chi connectivity index (χ3n) is 6.39. The van der Waals surface area contributed by atoms with Gasteiger partial charge in [0.2, 0.25) is 5.91 Å². The van der Waals surface area contributed by atoms with Crippen LogP contribution in [0.3, 0.4) is 0 Å². The molecule has 2 aromatic carbocycles. The number of nitrogens with zero attached hydrogens (tertiary/aromatic N) is 4. The SMILES string of the molecule is Cc1cccc(N2CCN(C(=O)Cn3cnc4c([nH]c5ccc(Br)cc54)c3=O)CC2)c1C. The number of halogens is 1. The minimum absolute atomic E-state index is 0.00962. The molecule has 1 aliphatic heterocycles. The topological polar surface area (TPSA) is 74.2 Å². The van der Waals surface area contributed by atoms with Crippen LogP contribution in [0.4, 0.5) is 5.69 Å². The summed E-state index contributed by atoms with van der Waals surface area (Å²) in [4.78, 5) is 37.7. The number of aryl methyl sites for hydroxylation is 1. The number of rotatable bonds is 3. The zero-order valence-corrected chi connectivity index (χ0v) is 19.6. The lowest BCUT2D eigenvalue weighted by Crippen LogP contribution is -2.50. The van der Waals surface area contributed by atoms with Crippen molar-refractivity contribution < 1.29 is 4.79 Å². The van der Waals surface area contributed by atoms with Crippen LogP contribution in [-0.4, -0.2) is 51.5 Å². The van der Waals surface area contributed by atoms with Crippen molar-refractivity contribution in [2.75, 3.05) is 31.1 Å². The van der Waals surface area contributed by atoms with Gasteiger partial charge in [0.1, 0.15) is 17.6 Å². The molecule has 164 valence electrons. The van der Waals surface area contributed by atoms with E-state index < -0.39 is 0 Å². The summed E-state index contributed by atoms with van der Waals surface area (Å²) in [6, 6.07) is 12.1. The van der Waals surface area contributed by atoms with Gasteiger partial charge in [-0.1, -0.05) is 28.1 Å². The van der Waals surface area contributed by atoms with E-state index in [1.807, 2.05) is 23.1 Å². The maximum Gasteiger partial charge on any atom is 0.278 e. The van der Waals surface area contributed by atoms with Crippen LogP contribution < -0.4 is 10.5 Å². The molecule has 1 aliphatic rings. The van der Waals surface area contributed by atoms with Gasteiger partial charge in [-0.25, -0.2) is 4.98 Å². The molecule has 8 heteroatoms. The van der Waals surface area contributed by atoms with Gasteiger partial charge in [-0.05, 0) is 49.2 Å². The predicted octanol–water partition coefficient (Wildman–Crippen LogP) is 3.61. The number of H-pyrrole nitrogens is 1. The third kappa shape index (κ3) is 3.58. The molecule has 2 aromatic heterocycles. The minimum atomic E-state index is -0.232. The normalized spacial score (nSPS) is 14.5. The molecule has 1 amide bonds. The number of aromatic amines is 1. The fraction of sp³-hybridized carbons (Fsp3) is 0.292. The Bertz CT molecular complexity index is 1400. The Morgan fingerprint density at radius 1 is 1.12 bits per heavy atom. The molecular weight excluding hydrogens is 470 g/mol. The average molecular weight is 494 g/mol. The Balaban J connectivity index is 1.32. The van der Waals surface area contributed by atoms with Gasteiger partial charge in [-0.15, -0.1) is 0 Å². The quantitative estimate of drug-likeness (QED) is 0.473. The maximum absolute atomic E-state index is 13.0. The molecule has 1 saturated heterocycles. The van der Waals surface area contributed by atoms with E-state index in [-0.39, 0.29) is 18.0 Å². The summed E-state index contributed by atoms with van der Waals surface area (Å²) >= 11 is 3.46. The van der Waals surface area contributed by atoms with Gasteiger partial charge in [0.05, 0.1) is 6.33 Å². The summed E-state index contributed by atoms with van der Waals surface area (Å²) in [5.41, 5.74) is 5.44. The van der Waals surface area contributed by atoms with Crippen LogP contribution in [0.5, 0.6) is 0 Å². The Kier molecular flexibility index (Phi) is 5.25. The minimum Gasteiger partial charge on any atom is -0.368 e. The van der Waals surface area contributed by atoms with Gasteiger partial charge in [-0.3, -0.25) is 14.2 Å². The zero-order chi connectivity index (χ0) is 22.4. The molecule has 1 fully saturated rings. The Hall–Kier alpha value is -3.13. The second-order valence-electron chi connectivity index (χ2n) is 8.30. The number of carbonyl (C=O) groups is 1. The molecule has 4 aromatic rings. The molecule has 0 aliphatic carbocycles. The van der Waals surface area contributed by atoms with Crippen molar-refractivity contribution in [2.45, 2.75) is 20.4 Å². The summed E-state index contributed by atoms with van der Waals surface area (Å²) in [6.45, 7) is 7.07. The Morgan fingerprint density at radius 3 is 2.69 bits per heavy atom. The molecule has 0 atom stereocenters. The van der Waals surface area contributed by atoms with Crippen molar-refractivity contribution in [1.82, 2.24) is 19.4 Å². The number of hydrogen-bond donors (Lipinski definition) is 1. The van der Waals surface area contributed by atoms with Crippen molar-refractivity contribution >= 4 is 49.5 Å². The highest BCUT2D eigenvalue weighted by Crippen LogP contribution is 2.25. The molecule has 7 nitrogen and oxygen atoms in total. The first-order chi connectivity index (χ1) is 15.4. The zero-order valence-electron chi connectivity index (χ0n) is 18.1. The van der Waals surface area contributed by atoms with Crippen LogP contribution in [-0.2, 0) is 11.3 Å². The molecule has 0 spiro atoms. The number of piperazine rings is 1. The van der Waals surface area contributed by atoms with E-state index in [0.29, 0.717) is 24.1 Å². The lowest BCUT2D eigenvalue weighted by atomic mass is 10.1. The number of benzene rings is 2. The number of hydrogen-bond acceptors (Lipinski definition) is 4. The van der Waals surface area contributed by atoms with Crippen molar-refractivity contribution in [3.8, 4) is 0 Å². The smallest absolute Gasteiger partial charge is 0.278 e. The summed E-state index contributed by atoms with van der Waals surface area (Å²) in [5, 5.41) is 0.882. The molecule has 1 N–H and O–H groups in total. The molecule has 0 saturated carbocycles. The number of aromatic nitrogens is 3. The van der Waals surface area contributed by atoms with Gasteiger partial charge in [-0.2, -0.15) is 0 Å². The standard InChI is InChI=1S/C24H24BrN5O2/c1-15-4-3-5-20(16(15)2)28-8-10-29(11-9-28)21(31)13-30-14-26-22-18-12-17(25)6-7-19(18)27-23(22)24(30)32/h3-7,12,14,27H,8-11,13H2,1-2H3. The molecule has 5 rings (SSSR count). The molecule has 0 radical (unpaired) electrons. The van der Waals surface area contributed by atoms with E-state index in [1.54, 1.807) is 0 Å². The predicted molar refractivity (Wildman–Crippen MR) is 130 cm³/mol. The fourth-order valence-corrected chi connectivity index (χ4v) is 4.76. The van der Waals surface area contributed by atoms with Crippen LogP contribution in [0, 0.1) is 13.8 Å². The average Bonchev–Trinajstić information content (AvgIpc) is 3.16. The molecular formula is C24H24BrN5O2. The summed E-state index contributed by atoms with van der Waals surface area (Å²) in [5.74, 6) is -0.0623. The monoisotopic (exact) mass is 493 g/mol. The van der Waals surface area contributed by atoms with Gasteiger partial charge >= 0.3 is 0 Å². The lowest BCUT2D eigenvalue weighted by molar-refractivity contribution is -0.132. The van der Waals surface area contributed by atoms with Crippen LogP contribution in [0.15, 0.2) is 52.0 Å². The first-order valence-electron chi connectivity index (χ1n) is 10.7. The van der Waals surface area contributed by atoms with E-state index >= 15 is 0 Å². The van der Waals surface area contributed by atoms with E-state index in [9.17, 15) is 9.59 Å². The van der Waals surface area contributed by atoms with Crippen LogP contribution in [0.25, 0.3) is 21.9 Å². The van der Waals surface area contributed by atoms with Gasteiger partial charge in [0.15, 0.2) is 0 Å².